The molecule has 0 saturated carbocycles. The lowest BCUT2D eigenvalue weighted by molar-refractivity contribution is 0.462. The SMILES string of the molecule is CN(C1=C(C=Cc2sc3ccc(Cl)cc3c2CS(=O)(=O)[O-])CC/C1=C\CC1Cc2ccc(Cl)cc2N1)c1ccccc1. The molecule has 2 heterocycles. The highest BCUT2D eigenvalue weighted by Gasteiger charge is 2.25. The zero-order valence-corrected chi connectivity index (χ0v) is 26.1. The molecule has 42 heavy (non-hydrogen) atoms. The number of thiophene rings is 1. The van der Waals surface area contributed by atoms with Crippen LogP contribution in [-0.2, 0) is 22.3 Å². The average Bonchev–Trinajstić information content (AvgIpc) is 3.65. The highest BCUT2D eigenvalue weighted by Crippen LogP contribution is 2.40. The topological polar surface area (TPSA) is 72.5 Å². The molecule has 1 N–H and O–H groups in total. The van der Waals surface area contributed by atoms with Crippen molar-refractivity contribution in [1.82, 2.24) is 0 Å². The molecule has 2 aliphatic rings. The molecule has 1 aliphatic heterocycles. The summed E-state index contributed by atoms with van der Waals surface area (Å²) in [5.74, 6) is -0.573. The van der Waals surface area contributed by atoms with Gasteiger partial charge in [-0.3, -0.25) is 0 Å². The van der Waals surface area contributed by atoms with Crippen molar-refractivity contribution in [1.29, 1.82) is 0 Å². The number of fused-ring (bicyclic) bond motifs is 2. The molecule has 0 spiro atoms. The fraction of sp³-hybridized carbons (Fsp3) is 0.212. The largest absolute Gasteiger partial charge is 0.748 e. The fourth-order valence-electron chi connectivity index (χ4n) is 5.89. The number of benzene rings is 3. The summed E-state index contributed by atoms with van der Waals surface area (Å²) in [5.41, 5.74) is 7.58. The average molecular weight is 637 g/mol. The van der Waals surface area contributed by atoms with E-state index in [0.29, 0.717) is 22.0 Å². The van der Waals surface area contributed by atoms with Crippen LogP contribution in [-0.4, -0.2) is 26.1 Å². The van der Waals surface area contributed by atoms with E-state index in [1.54, 1.807) is 12.1 Å². The Morgan fingerprint density at radius 2 is 1.79 bits per heavy atom. The van der Waals surface area contributed by atoms with E-state index in [-0.39, 0.29) is 0 Å². The number of rotatable bonds is 8. The molecule has 3 aromatic carbocycles. The van der Waals surface area contributed by atoms with Crippen molar-refractivity contribution >= 4 is 72.2 Å². The maximum atomic E-state index is 11.8. The number of nitrogens with zero attached hydrogens (tertiary/aromatic N) is 1. The summed E-state index contributed by atoms with van der Waals surface area (Å²) in [6.45, 7) is 0. The normalized spacial score (nSPS) is 17.9. The van der Waals surface area contributed by atoms with E-state index in [2.05, 4.69) is 47.6 Å². The van der Waals surface area contributed by atoms with Gasteiger partial charge in [-0.2, -0.15) is 0 Å². The van der Waals surface area contributed by atoms with Gasteiger partial charge >= 0.3 is 0 Å². The number of allylic oxidation sites excluding steroid dienone is 3. The Kier molecular flexibility index (Phi) is 8.22. The lowest BCUT2D eigenvalue weighted by Crippen LogP contribution is -2.18. The van der Waals surface area contributed by atoms with E-state index in [0.717, 1.165) is 62.9 Å². The molecule has 0 saturated heterocycles. The van der Waals surface area contributed by atoms with Gasteiger partial charge in [0.25, 0.3) is 0 Å². The molecule has 1 unspecified atom stereocenters. The van der Waals surface area contributed by atoms with Crippen molar-refractivity contribution in [2.45, 2.75) is 37.5 Å². The minimum absolute atomic E-state index is 0.302. The van der Waals surface area contributed by atoms with Crippen LogP contribution in [0.5, 0.6) is 0 Å². The summed E-state index contributed by atoms with van der Waals surface area (Å²) in [5, 5.41) is 5.57. The number of nitrogens with one attached hydrogen (secondary N) is 1. The minimum atomic E-state index is -4.48. The summed E-state index contributed by atoms with van der Waals surface area (Å²) >= 11 is 13.9. The maximum absolute atomic E-state index is 11.8. The molecule has 0 amide bonds. The molecule has 1 aliphatic carbocycles. The van der Waals surface area contributed by atoms with Crippen LogP contribution in [0.25, 0.3) is 16.2 Å². The van der Waals surface area contributed by atoms with Crippen molar-refractivity contribution in [3.63, 3.8) is 0 Å². The molecule has 216 valence electrons. The van der Waals surface area contributed by atoms with Gasteiger partial charge in [-0.1, -0.05) is 59.6 Å². The lowest BCUT2D eigenvalue weighted by Gasteiger charge is -2.24. The summed E-state index contributed by atoms with van der Waals surface area (Å²) in [4.78, 5) is 2.98. The Morgan fingerprint density at radius 1 is 1.02 bits per heavy atom. The Labute approximate surface area is 260 Å². The van der Waals surface area contributed by atoms with Crippen LogP contribution in [0.3, 0.4) is 0 Å². The predicted octanol–water partition coefficient (Wildman–Crippen LogP) is 8.80. The van der Waals surface area contributed by atoms with Gasteiger partial charge in [0, 0.05) is 49.8 Å². The molecule has 6 rings (SSSR count). The van der Waals surface area contributed by atoms with Gasteiger partial charge in [-0.15, -0.1) is 11.3 Å². The summed E-state index contributed by atoms with van der Waals surface area (Å²) in [7, 11) is -2.40. The Hall–Kier alpha value is -3.07. The van der Waals surface area contributed by atoms with E-state index in [9.17, 15) is 13.0 Å². The lowest BCUT2D eigenvalue weighted by atomic mass is 10.0. The van der Waals surface area contributed by atoms with Gasteiger partial charge in [0.05, 0.1) is 15.9 Å². The number of anilines is 2. The second-order valence-electron chi connectivity index (χ2n) is 10.7. The number of halogens is 2. The van der Waals surface area contributed by atoms with E-state index >= 15 is 0 Å². The van der Waals surface area contributed by atoms with Crippen LogP contribution >= 0.6 is 34.5 Å². The molecule has 0 radical (unpaired) electrons. The third kappa shape index (κ3) is 6.31. The molecule has 1 atom stereocenters. The second-order valence-corrected chi connectivity index (χ2v) is 14.1. The number of likely N-dealkylation sites (N-methyl/N-ethyl adjacent to an activating group) is 1. The van der Waals surface area contributed by atoms with Gasteiger partial charge < -0.3 is 14.8 Å². The summed E-state index contributed by atoms with van der Waals surface area (Å²) < 4.78 is 36.3. The quantitative estimate of drug-likeness (QED) is 0.196. The molecular formula is C33H29Cl2N2O3S2-. The van der Waals surface area contributed by atoms with Crippen LogP contribution in [0.1, 0.15) is 35.3 Å². The van der Waals surface area contributed by atoms with Gasteiger partial charge in [0.15, 0.2) is 0 Å². The number of hydrogen-bond donors (Lipinski definition) is 1. The second kappa shape index (κ2) is 11.9. The zero-order chi connectivity index (χ0) is 29.4. The molecule has 0 bridgehead atoms. The van der Waals surface area contributed by atoms with Crippen LogP contribution in [0.4, 0.5) is 11.4 Å². The van der Waals surface area contributed by atoms with Gasteiger partial charge in [-0.25, -0.2) is 8.42 Å². The fourth-order valence-corrected chi connectivity index (χ4v) is 8.09. The highest BCUT2D eigenvalue weighted by molar-refractivity contribution is 7.84. The molecule has 9 heteroatoms. The predicted molar refractivity (Wildman–Crippen MR) is 176 cm³/mol. The van der Waals surface area contributed by atoms with E-state index in [1.165, 1.54) is 22.5 Å². The van der Waals surface area contributed by atoms with Gasteiger partial charge in [-0.05, 0) is 102 Å². The van der Waals surface area contributed by atoms with Gasteiger partial charge in [0.1, 0.15) is 0 Å². The standard InChI is InChI=1S/C33H30Cl2N2O3S2/c1-37(27-5-3-2-4-6-27)33-21(10-14-26-17-23-9-12-25(35)19-30(23)36-26)7-8-22(33)11-15-32-29(20-42(38,39)40)28-18-24(34)13-16-31(28)41-32/h2-6,9-13,15-16,18-19,26,36H,7-8,14,17,20H2,1H3,(H,38,39,40)/p-1/b15-11?,21-10+. The van der Waals surface area contributed by atoms with Crippen molar-refractivity contribution in [3.05, 3.63) is 122 Å². The maximum Gasteiger partial charge on any atom is 0.0989 e. The summed E-state index contributed by atoms with van der Waals surface area (Å²) in [6.07, 6.45) is 9.97. The third-order valence-electron chi connectivity index (χ3n) is 7.84. The van der Waals surface area contributed by atoms with Crippen LogP contribution < -0.4 is 10.2 Å². The van der Waals surface area contributed by atoms with Crippen molar-refractivity contribution < 1.29 is 13.0 Å². The Morgan fingerprint density at radius 3 is 2.57 bits per heavy atom. The first-order chi connectivity index (χ1) is 20.1. The van der Waals surface area contributed by atoms with E-state index in [1.807, 2.05) is 42.5 Å². The first-order valence-electron chi connectivity index (χ1n) is 13.7. The molecule has 5 nitrogen and oxygen atoms in total. The highest BCUT2D eigenvalue weighted by atomic mass is 35.5. The molecular weight excluding hydrogens is 607 g/mol. The van der Waals surface area contributed by atoms with Gasteiger partial charge in [0.2, 0.25) is 0 Å². The minimum Gasteiger partial charge on any atom is -0.748 e. The first kappa shape index (κ1) is 29.0. The zero-order valence-electron chi connectivity index (χ0n) is 22.9. The monoisotopic (exact) mass is 635 g/mol. The van der Waals surface area contributed by atoms with Crippen molar-refractivity contribution in [2.75, 3.05) is 17.3 Å². The third-order valence-corrected chi connectivity index (χ3v) is 10.1. The van der Waals surface area contributed by atoms with E-state index < -0.39 is 15.9 Å². The Bertz CT molecular complexity index is 1860. The Balaban J connectivity index is 1.35. The molecule has 4 aromatic rings. The smallest absolute Gasteiger partial charge is 0.0989 e. The van der Waals surface area contributed by atoms with Crippen molar-refractivity contribution in [2.24, 2.45) is 0 Å². The van der Waals surface area contributed by atoms with Crippen molar-refractivity contribution in [3.8, 4) is 0 Å². The molecule has 1 aromatic heterocycles. The number of para-hydroxylation sites is 1. The van der Waals surface area contributed by atoms with E-state index in [4.69, 9.17) is 23.2 Å². The molecule has 0 fully saturated rings. The van der Waals surface area contributed by atoms with Crippen LogP contribution in [0.2, 0.25) is 10.0 Å². The summed E-state index contributed by atoms with van der Waals surface area (Å²) in [6, 6.07) is 22.0. The number of hydrogen-bond acceptors (Lipinski definition) is 6. The first-order valence-corrected chi connectivity index (χ1v) is 16.9. The van der Waals surface area contributed by atoms with Crippen LogP contribution in [0.15, 0.2) is 95.7 Å². The van der Waals surface area contributed by atoms with Crippen LogP contribution in [0, 0.1) is 0 Å².